The normalized spacial score (nSPS) is 27.7. The van der Waals surface area contributed by atoms with Gasteiger partial charge in [0.25, 0.3) is 0 Å². The first-order chi connectivity index (χ1) is 7.12. The fourth-order valence-electron chi connectivity index (χ4n) is 1.62. The summed E-state index contributed by atoms with van der Waals surface area (Å²) >= 11 is 0. The van der Waals surface area contributed by atoms with Gasteiger partial charge in [0.05, 0.1) is 6.61 Å². The summed E-state index contributed by atoms with van der Waals surface area (Å²) in [6, 6.07) is 0.00326. The Labute approximate surface area is 90.0 Å². The summed E-state index contributed by atoms with van der Waals surface area (Å²) in [5.74, 6) is -0.166. The highest BCUT2D eigenvalue weighted by atomic mass is 16.5. The van der Waals surface area contributed by atoms with Gasteiger partial charge < -0.3 is 20.9 Å². The van der Waals surface area contributed by atoms with Gasteiger partial charge in [0.1, 0.15) is 5.54 Å². The molecule has 0 radical (unpaired) electrons. The molecule has 1 fully saturated rings. The van der Waals surface area contributed by atoms with Crippen molar-refractivity contribution in [3.63, 3.8) is 0 Å². The number of nitrogens with one attached hydrogen (secondary N) is 1. The first kappa shape index (κ1) is 12.4. The van der Waals surface area contributed by atoms with E-state index in [1.165, 1.54) is 0 Å². The van der Waals surface area contributed by atoms with Gasteiger partial charge in [-0.3, -0.25) is 4.79 Å². The molecule has 1 aliphatic heterocycles. The topological polar surface area (TPSA) is 84.6 Å². The summed E-state index contributed by atoms with van der Waals surface area (Å²) in [4.78, 5) is 11.8. The average molecular weight is 216 g/mol. The number of ether oxygens (including phenoxy) is 1. The molecule has 1 amide bonds. The third kappa shape index (κ3) is 3.15. The minimum atomic E-state index is -0.872. The maximum absolute atomic E-state index is 11.8. The monoisotopic (exact) mass is 216 g/mol. The third-order valence-electron chi connectivity index (χ3n) is 2.81. The number of aliphatic hydroxyl groups is 1. The molecule has 0 aromatic heterocycles. The molecule has 0 aromatic rings. The molecule has 4 N–H and O–H groups in total. The van der Waals surface area contributed by atoms with E-state index in [9.17, 15) is 4.79 Å². The van der Waals surface area contributed by atoms with Crippen molar-refractivity contribution in [3.05, 3.63) is 0 Å². The SMILES string of the molecule is CCC(CCO)NC(=O)C1(N)CCOC1. The molecule has 0 spiro atoms. The molecule has 0 aliphatic carbocycles. The maximum Gasteiger partial charge on any atom is 0.242 e. The lowest BCUT2D eigenvalue weighted by molar-refractivity contribution is -0.127. The second-order valence-corrected chi connectivity index (χ2v) is 4.05. The standard InChI is InChI=1S/C10H20N2O3/c1-2-8(3-5-13)12-9(14)10(11)4-6-15-7-10/h8,13H,2-7,11H2,1H3,(H,12,14). The van der Waals surface area contributed by atoms with Crippen molar-refractivity contribution < 1.29 is 14.6 Å². The molecule has 1 aliphatic rings. The second-order valence-electron chi connectivity index (χ2n) is 4.05. The van der Waals surface area contributed by atoms with Crippen LogP contribution in [0.15, 0.2) is 0 Å². The van der Waals surface area contributed by atoms with Crippen LogP contribution in [0.25, 0.3) is 0 Å². The zero-order valence-corrected chi connectivity index (χ0v) is 9.16. The number of amides is 1. The molecule has 1 saturated heterocycles. The molecule has 15 heavy (non-hydrogen) atoms. The molecular weight excluding hydrogens is 196 g/mol. The largest absolute Gasteiger partial charge is 0.396 e. The van der Waals surface area contributed by atoms with Gasteiger partial charge in [-0.05, 0) is 19.3 Å². The lowest BCUT2D eigenvalue weighted by atomic mass is 9.98. The van der Waals surface area contributed by atoms with Crippen molar-refractivity contribution in [2.75, 3.05) is 19.8 Å². The zero-order chi connectivity index (χ0) is 11.3. The van der Waals surface area contributed by atoms with Crippen molar-refractivity contribution in [2.24, 2.45) is 5.73 Å². The molecule has 0 bridgehead atoms. The van der Waals surface area contributed by atoms with Crippen LogP contribution in [0.2, 0.25) is 0 Å². The van der Waals surface area contributed by atoms with E-state index in [4.69, 9.17) is 15.6 Å². The first-order valence-electron chi connectivity index (χ1n) is 5.41. The van der Waals surface area contributed by atoms with Crippen LogP contribution < -0.4 is 11.1 Å². The Kier molecular flexibility index (Phi) is 4.50. The molecule has 1 rings (SSSR count). The molecule has 5 nitrogen and oxygen atoms in total. The van der Waals surface area contributed by atoms with Gasteiger partial charge >= 0.3 is 0 Å². The Morgan fingerprint density at radius 1 is 1.73 bits per heavy atom. The van der Waals surface area contributed by atoms with Crippen molar-refractivity contribution in [1.29, 1.82) is 0 Å². The van der Waals surface area contributed by atoms with Gasteiger partial charge in [0.2, 0.25) is 5.91 Å². The zero-order valence-electron chi connectivity index (χ0n) is 9.16. The molecule has 2 atom stereocenters. The Morgan fingerprint density at radius 2 is 2.47 bits per heavy atom. The smallest absolute Gasteiger partial charge is 0.242 e. The second kappa shape index (κ2) is 5.44. The van der Waals surface area contributed by atoms with Crippen molar-refractivity contribution in [1.82, 2.24) is 5.32 Å². The fraction of sp³-hybridized carbons (Fsp3) is 0.900. The predicted molar refractivity (Wildman–Crippen MR) is 56.3 cm³/mol. The highest BCUT2D eigenvalue weighted by molar-refractivity contribution is 5.86. The maximum atomic E-state index is 11.8. The van der Waals surface area contributed by atoms with Crippen LogP contribution in [0.1, 0.15) is 26.2 Å². The molecular formula is C10H20N2O3. The fourth-order valence-corrected chi connectivity index (χ4v) is 1.62. The van der Waals surface area contributed by atoms with Gasteiger partial charge in [-0.2, -0.15) is 0 Å². The summed E-state index contributed by atoms with van der Waals surface area (Å²) in [5, 5.41) is 11.6. The summed E-state index contributed by atoms with van der Waals surface area (Å²) in [6.07, 6.45) is 1.93. The molecule has 88 valence electrons. The number of carbonyl (C=O) groups is 1. The van der Waals surface area contributed by atoms with Crippen molar-refractivity contribution in [3.8, 4) is 0 Å². The molecule has 1 heterocycles. The van der Waals surface area contributed by atoms with E-state index in [1.54, 1.807) is 0 Å². The van der Waals surface area contributed by atoms with Crippen LogP contribution in [0.4, 0.5) is 0 Å². The quantitative estimate of drug-likeness (QED) is 0.572. The van der Waals surface area contributed by atoms with Crippen molar-refractivity contribution in [2.45, 2.75) is 37.8 Å². The average Bonchev–Trinajstić information content (AvgIpc) is 2.65. The Balaban J connectivity index is 2.45. The van der Waals surface area contributed by atoms with E-state index in [0.717, 1.165) is 6.42 Å². The Morgan fingerprint density at radius 3 is 2.93 bits per heavy atom. The molecule has 2 unspecified atom stereocenters. The summed E-state index contributed by atoms with van der Waals surface area (Å²) in [7, 11) is 0. The Hall–Kier alpha value is -0.650. The van der Waals surface area contributed by atoms with Crippen LogP contribution >= 0.6 is 0 Å². The van der Waals surface area contributed by atoms with E-state index in [2.05, 4.69) is 5.32 Å². The summed E-state index contributed by atoms with van der Waals surface area (Å²) in [5.41, 5.74) is 5.03. The van der Waals surface area contributed by atoms with E-state index >= 15 is 0 Å². The van der Waals surface area contributed by atoms with Crippen LogP contribution in [0.3, 0.4) is 0 Å². The number of rotatable bonds is 5. The number of hydrogen-bond acceptors (Lipinski definition) is 4. The van der Waals surface area contributed by atoms with E-state index in [-0.39, 0.29) is 25.2 Å². The van der Waals surface area contributed by atoms with Gasteiger partial charge in [-0.1, -0.05) is 6.92 Å². The van der Waals surface area contributed by atoms with Gasteiger partial charge in [0.15, 0.2) is 0 Å². The summed E-state index contributed by atoms with van der Waals surface area (Å²) in [6.45, 7) is 2.87. The van der Waals surface area contributed by atoms with Gasteiger partial charge in [0, 0.05) is 19.3 Å². The van der Waals surface area contributed by atoms with E-state index < -0.39 is 5.54 Å². The number of aliphatic hydroxyl groups excluding tert-OH is 1. The lowest BCUT2D eigenvalue weighted by Gasteiger charge is -2.24. The highest BCUT2D eigenvalue weighted by Gasteiger charge is 2.38. The lowest BCUT2D eigenvalue weighted by Crippen LogP contribution is -2.56. The van der Waals surface area contributed by atoms with Crippen molar-refractivity contribution >= 4 is 5.91 Å². The molecule has 0 aromatic carbocycles. The minimum absolute atomic E-state index is 0.00326. The molecule has 5 heteroatoms. The van der Waals surface area contributed by atoms with E-state index in [0.29, 0.717) is 19.4 Å². The van der Waals surface area contributed by atoms with Gasteiger partial charge in [-0.25, -0.2) is 0 Å². The summed E-state index contributed by atoms with van der Waals surface area (Å²) < 4.78 is 5.12. The molecule has 0 saturated carbocycles. The van der Waals surface area contributed by atoms with Crippen LogP contribution in [0.5, 0.6) is 0 Å². The van der Waals surface area contributed by atoms with Crippen LogP contribution in [0, 0.1) is 0 Å². The van der Waals surface area contributed by atoms with Crippen LogP contribution in [-0.2, 0) is 9.53 Å². The predicted octanol–water partition coefficient (Wildman–Crippen LogP) is -0.619. The first-order valence-corrected chi connectivity index (χ1v) is 5.41. The Bertz CT molecular complexity index is 215. The third-order valence-corrected chi connectivity index (χ3v) is 2.81. The van der Waals surface area contributed by atoms with Gasteiger partial charge in [-0.15, -0.1) is 0 Å². The van der Waals surface area contributed by atoms with Crippen LogP contribution in [-0.4, -0.2) is 42.4 Å². The number of hydrogen-bond donors (Lipinski definition) is 3. The highest BCUT2D eigenvalue weighted by Crippen LogP contribution is 2.16. The minimum Gasteiger partial charge on any atom is -0.396 e. The number of carbonyl (C=O) groups excluding carboxylic acids is 1. The number of nitrogens with two attached hydrogens (primary N) is 1. The van der Waals surface area contributed by atoms with E-state index in [1.807, 2.05) is 6.92 Å².